The largest absolute Gasteiger partial charge is 0.467 e. The number of thioether (sulfide) groups is 1. The number of benzene rings is 1. The Morgan fingerprint density at radius 1 is 1.17 bits per heavy atom. The lowest BCUT2D eigenvalue weighted by molar-refractivity contribution is -0.153. The number of ether oxygens (including phenoxy) is 5. The second-order valence-electron chi connectivity index (χ2n) is 5.02. The zero-order valence-corrected chi connectivity index (χ0v) is 15.1. The van der Waals surface area contributed by atoms with Crippen LogP contribution in [0.15, 0.2) is 30.3 Å². The van der Waals surface area contributed by atoms with Crippen LogP contribution >= 0.6 is 24.0 Å². The number of thiocarbonyl (C=S) groups is 1. The van der Waals surface area contributed by atoms with Crippen LogP contribution in [0.4, 0.5) is 0 Å². The molecule has 1 aromatic rings. The zero-order valence-electron chi connectivity index (χ0n) is 13.5. The van der Waals surface area contributed by atoms with E-state index in [2.05, 4.69) is 0 Å². The molecule has 5 nitrogen and oxygen atoms in total. The summed E-state index contributed by atoms with van der Waals surface area (Å²) in [6.07, 6.45) is 0.345. The molecule has 1 aliphatic rings. The first-order valence-corrected chi connectivity index (χ1v) is 8.90. The van der Waals surface area contributed by atoms with Crippen LogP contribution < -0.4 is 0 Å². The van der Waals surface area contributed by atoms with Crippen molar-refractivity contribution in [3.05, 3.63) is 35.9 Å². The maximum Gasteiger partial charge on any atom is 0.220 e. The van der Waals surface area contributed by atoms with Crippen molar-refractivity contribution in [2.75, 3.05) is 27.1 Å². The van der Waals surface area contributed by atoms with E-state index in [0.717, 1.165) is 5.56 Å². The van der Waals surface area contributed by atoms with Crippen molar-refractivity contribution in [2.24, 2.45) is 0 Å². The highest BCUT2D eigenvalue weighted by Crippen LogP contribution is 2.28. The van der Waals surface area contributed by atoms with Gasteiger partial charge in [0.1, 0.15) is 12.2 Å². The number of hydrogen-bond donors (Lipinski definition) is 0. The highest BCUT2D eigenvalue weighted by molar-refractivity contribution is 8.22. The van der Waals surface area contributed by atoms with E-state index < -0.39 is 12.4 Å². The van der Waals surface area contributed by atoms with Gasteiger partial charge >= 0.3 is 0 Å². The molecule has 0 radical (unpaired) electrons. The van der Waals surface area contributed by atoms with Gasteiger partial charge in [-0.1, -0.05) is 42.1 Å². The van der Waals surface area contributed by atoms with Gasteiger partial charge in [0.2, 0.25) is 4.38 Å². The average Bonchev–Trinajstić information content (AvgIpc) is 2.92. The molecule has 0 amide bonds. The molecule has 1 fully saturated rings. The topological polar surface area (TPSA) is 46.2 Å². The highest BCUT2D eigenvalue weighted by Gasteiger charge is 2.47. The van der Waals surface area contributed by atoms with Gasteiger partial charge in [0.25, 0.3) is 0 Å². The molecule has 0 aliphatic carbocycles. The molecular formula is C16H22O5S2. The van der Waals surface area contributed by atoms with Crippen molar-refractivity contribution in [3.8, 4) is 0 Å². The summed E-state index contributed by atoms with van der Waals surface area (Å²) in [4.78, 5) is 0. The van der Waals surface area contributed by atoms with Gasteiger partial charge in [0.05, 0.1) is 13.2 Å². The van der Waals surface area contributed by atoms with Crippen molar-refractivity contribution in [1.82, 2.24) is 0 Å². The summed E-state index contributed by atoms with van der Waals surface area (Å²) < 4.78 is 28.6. The third kappa shape index (κ3) is 5.14. The molecule has 4 atom stereocenters. The summed E-state index contributed by atoms with van der Waals surface area (Å²) in [5.41, 5.74) is 1.11. The molecule has 1 aromatic carbocycles. The number of methoxy groups -OCH3 is 2. The normalized spacial score (nSPS) is 27.1. The molecule has 1 aliphatic heterocycles. The Labute approximate surface area is 146 Å². The molecule has 0 N–H and O–H groups in total. The first kappa shape index (κ1) is 18.6. The van der Waals surface area contributed by atoms with Gasteiger partial charge in [-0.3, -0.25) is 0 Å². The summed E-state index contributed by atoms with van der Waals surface area (Å²) in [5.74, 6) is 0. The Morgan fingerprint density at radius 2 is 1.91 bits per heavy atom. The van der Waals surface area contributed by atoms with Gasteiger partial charge in [-0.05, 0) is 24.0 Å². The van der Waals surface area contributed by atoms with Crippen LogP contribution in [-0.4, -0.2) is 56.1 Å². The van der Waals surface area contributed by atoms with Gasteiger partial charge in [0.15, 0.2) is 12.4 Å². The molecule has 0 bridgehead atoms. The maximum absolute atomic E-state index is 5.84. The lowest BCUT2D eigenvalue weighted by Gasteiger charge is -2.23. The lowest BCUT2D eigenvalue weighted by Crippen LogP contribution is -2.39. The summed E-state index contributed by atoms with van der Waals surface area (Å²) in [6, 6.07) is 9.98. The Hall–Kier alpha value is -0.700. The Kier molecular flexibility index (Phi) is 7.75. The minimum absolute atomic E-state index is 0.275. The predicted octanol–water partition coefficient (Wildman–Crippen LogP) is 2.62. The fourth-order valence-corrected chi connectivity index (χ4v) is 2.77. The molecule has 0 saturated carbocycles. The van der Waals surface area contributed by atoms with E-state index in [1.807, 2.05) is 36.6 Å². The first-order valence-electron chi connectivity index (χ1n) is 7.27. The van der Waals surface area contributed by atoms with Crippen LogP contribution in [0.25, 0.3) is 0 Å². The Morgan fingerprint density at radius 3 is 2.52 bits per heavy atom. The maximum atomic E-state index is 5.84. The van der Waals surface area contributed by atoms with E-state index in [0.29, 0.717) is 17.6 Å². The van der Waals surface area contributed by atoms with E-state index in [1.165, 1.54) is 11.8 Å². The molecule has 0 aromatic heterocycles. The first-order chi connectivity index (χ1) is 11.2. The highest BCUT2D eigenvalue weighted by atomic mass is 32.2. The standard InChI is InChI=1S/C16H22O5S2/c1-17-13-12(10-19-9-11-7-5-4-6-8-11)20-15(18-2)14(13)21-16(22)23-3/h4-8,12-15H,9-10H2,1-3H3/t12-,13+,14-,15-/m1/s1. The molecular weight excluding hydrogens is 336 g/mol. The number of hydrogen-bond acceptors (Lipinski definition) is 7. The van der Waals surface area contributed by atoms with Crippen LogP contribution in [0.1, 0.15) is 5.56 Å². The second-order valence-corrected chi connectivity index (χ2v) is 6.42. The van der Waals surface area contributed by atoms with Crippen molar-refractivity contribution < 1.29 is 23.7 Å². The smallest absolute Gasteiger partial charge is 0.220 e. The molecule has 0 unspecified atom stereocenters. The van der Waals surface area contributed by atoms with Crippen LogP contribution in [0.3, 0.4) is 0 Å². The molecule has 1 saturated heterocycles. The fourth-order valence-electron chi connectivity index (χ4n) is 2.45. The van der Waals surface area contributed by atoms with Gasteiger partial charge in [-0.2, -0.15) is 0 Å². The molecule has 128 valence electrons. The van der Waals surface area contributed by atoms with Crippen LogP contribution in [0.2, 0.25) is 0 Å². The van der Waals surface area contributed by atoms with Gasteiger partial charge in [0, 0.05) is 14.2 Å². The zero-order chi connectivity index (χ0) is 16.7. The molecule has 2 rings (SSSR count). The van der Waals surface area contributed by atoms with Gasteiger partial charge in [-0.15, -0.1) is 0 Å². The summed E-state index contributed by atoms with van der Waals surface area (Å²) in [7, 11) is 3.19. The summed E-state index contributed by atoms with van der Waals surface area (Å²) in [6.45, 7) is 0.905. The number of rotatable bonds is 7. The monoisotopic (exact) mass is 358 g/mol. The Bertz CT molecular complexity index is 485. The summed E-state index contributed by atoms with van der Waals surface area (Å²) in [5, 5.41) is 0. The van der Waals surface area contributed by atoms with E-state index in [1.54, 1.807) is 14.2 Å². The van der Waals surface area contributed by atoms with Crippen molar-refractivity contribution >= 4 is 28.4 Å². The van der Waals surface area contributed by atoms with E-state index in [-0.39, 0.29) is 12.2 Å². The third-order valence-corrected chi connectivity index (χ3v) is 4.59. The quantitative estimate of drug-likeness (QED) is 0.694. The van der Waals surface area contributed by atoms with E-state index >= 15 is 0 Å². The van der Waals surface area contributed by atoms with Crippen LogP contribution in [0, 0.1) is 0 Å². The van der Waals surface area contributed by atoms with E-state index in [9.17, 15) is 0 Å². The van der Waals surface area contributed by atoms with Crippen LogP contribution in [-0.2, 0) is 30.3 Å². The average molecular weight is 358 g/mol. The van der Waals surface area contributed by atoms with Crippen molar-refractivity contribution in [1.29, 1.82) is 0 Å². The van der Waals surface area contributed by atoms with Gasteiger partial charge < -0.3 is 23.7 Å². The molecule has 23 heavy (non-hydrogen) atoms. The third-order valence-electron chi connectivity index (χ3n) is 3.56. The molecule has 7 heteroatoms. The van der Waals surface area contributed by atoms with Crippen molar-refractivity contribution in [2.45, 2.75) is 31.2 Å². The molecule has 1 heterocycles. The van der Waals surface area contributed by atoms with E-state index in [4.69, 9.17) is 35.9 Å². The predicted molar refractivity (Wildman–Crippen MR) is 93.6 cm³/mol. The fraction of sp³-hybridized carbons (Fsp3) is 0.562. The second kappa shape index (κ2) is 9.56. The Balaban J connectivity index is 1.91. The minimum Gasteiger partial charge on any atom is -0.467 e. The SMILES string of the molecule is CO[C@@H]1O[C@H](COCc2ccccc2)[C@H](OC)[C@H]1OC(=S)SC. The minimum atomic E-state index is -0.532. The molecule has 0 spiro atoms. The van der Waals surface area contributed by atoms with Crippen molar-refractivity contribution in [3.63, 3.8) is 0 Å². The lowest BCUT2D eigenvalue weighted by atomic mass is 10.1. The van der Waals surface area contributed by atoms with Crippen LogP contribution in [0.5, 0.6) is 0 Å². The summed E-state index contributed by atoms with van der Waals surface area (Å²) >= 11 is 6.49. The van der Waals surface area contributed by atoms with Gasteiger partial charge in [-0.25, -0.2) is 0 Å².